The first-order valence-corrected chi connectivity index (χ1v) is 5.80. The van der Waals surface area contributed by atoms with Gasteiger partial charge in [-0.3, -0.25) is 0 Å². The third-order valence-electron chi connectivity index (χ3n) is 2.35. The Morgan fingerprint density at radius 3 is 2.75 bits per heavy atom. The zero-order valence-corrected chi connectivity index (χ0v) is 10.8. The van der Waals surface area contributed by atoms with Crippen molar-refractivity contribution in [1.82, 2.24) is 14.8 Å². The highest BCUT2D eigenvalue weighted by Gasteiger charge is 2.08. The maximum atomic E-state index is 5.64. The lowest BCUT2D eigenvalue weighted by Crippen LogP contribution is -2.08. The Morgan fingerprint density at radius 1 is 1.38 bits per heavy atom. The molecule has 0 fully saturated rings. The van der Waals surface area contributed by atoms with Crippen molar-refractivity contribution in [3.63, 3.8) is 0 Å². The predicted molar refractivity (Wildman–Crippen MR) is 66.4 cm³/mol. The first-order valence-electron chi connectivity index (χ1n) is 5.01. The number of halogens is 1. The number of aromatic nitrogens is 3. The van der Waals surface area contributed by atoms with E-state index in [2.05, 4.69) is 32.1 Å². The number of hydrogen-bond acceptors (Lipinski definition) is 3. The molecular formula is C11H13BrN4. The third kappa shape index (κ3) is 2.01. The molecule has 1 aromatic carbocycles. The average Bonchev–Trinajstić information content (AvgIpc) is 2.63. The molecule has 0 atom stereocenters. The highest BCUT2D eigenvalue weighted by atomic mass is 79.9. The Hall–Kier alpha value is -1.20. The Bertz CT molecular complexity index is 519. The van der Waals surface area contributed by atoms with E-state index in [4.69, 9.17) is 5.73 Å². The van der Waals surface area contributed by atoms with E-state index in [0.717, 1.165) is 27.4 Å². The summed E-state index contributed by atoms with van der Waals surface area (Å²) < 4.78 is 2.87. The van der Waals surface area contributed by atoms with E-state index < -0.39 is 0 Å². The van der Waals surface area contributed by atoms with Crippen molar-refractivity contribution in [2.24, 2.45) is 5.73 Å². The van der Waals surface area contributed by atoms with Crippen LogP contribution in [0.25, 0.3) is 5.69 Å². The molecule has 0 saturated carbocycles. The summed E-state index contributed by atoms with van der Waals surface area (Å²) in [6, 6.07) is 6.05. The van der Waals surface area contributed by atoms with E-state index >= 15 is 0 Å². The van der Waals surface area contributed by atoms with Crippen LogP contribution in [0.4, 0.5) is 0 Å². The highest BCUT2D eigenvalue weighted by Crippen LogP contribution is 2.19. The fraction of sp³-hybridized carbons (Fsp3) is 0.273. The minimum Gasteiger partial charge on any atom is -0.324 e. The molecule has 2 rings (SSSR count). The Balaban J connectivity index is 2.53. The molecule has 84 valence electrons. The van der Waals surface area contributed by atoms with Crippen molar-refractivity contribution in [3.8, 4) is 5.69 Å². The van der Waals surface area contributed by atoms with Crippen LogP contribution in [0, 0.1) is 13.8 Å². The lowest BCUT2D eigenvalue weighted by atomic mass is 10.2. The predicted octanol–water partition coefficient (Wildman–Crippen LogP) is 2.11. The largest absolute Gasteiger partial charge is 0.324 e. The Kier molecular flexibility index (Phi) is 3.07. The second kappa shape index (κ2) is 4.35. The van der Waals surface area contributed by atoms with Crippen LogP contribution in [0.3, 0.4) is 0 Å². The summed E-state index contributed by atoms with van der Waals surface area (Å²) in [5.41, 5.74) is 7.79. The first-order chi connectivity index (χ1) is 7.61. The van der Waals surface area contributed by atoms with Crippen molar-refractivity contribution >= 4 is 15.9 Å². The number of rotatable bonds is 2. The molecule has 0 aliphatic heterocycles. The van der Waals surface area contributed by atoms with Gasteiger partial charge in [0.1, 0.15) is 11.6 Å². The van der Waals surface area contributed by atoms with Gasteiger partial charge in [-0.25, -0.2) is 9.67 Å². The molecule has 0 aliphatic rings. The van der Waals surface area contributed by atoms with Crippen LogP contribution >= 0.6 is 15.9 Å². The van der Waals surface area contributed by atoms with Gasteiger partial charge in [0.05, 0.1) is 12.2 Å². The van der Waals surface area contributed by atoms with Crippen LogP contribution < -0.4 is 5.73 Å². The zero-order chi connectivity index (χ0) is 11.7. The second-order valence-electron chi connectivity index (χ2n) is 3.62. The minimum atomic E-state index is 0.385. The molecule has 0 radical (unpaired) electrons. The van der Waals surface area contributed by atoms with Gasteiger partial charge in [-0.1, -0.05) is 15.9 Å². The number of hydrogen-bond donors (Lipinski definition) is 1. The Morgan fingerprint density at radius 2 is 2.12 bits per heavy atom. The molecule has 0 bridgehead atoms. The maximum absolute atomic E-state index is 5.64. The van der Waals surface area contributed by atoms with Crippen LogP contribution in [-0.4, -0.2) is 14.8 Å². The van der Waals surface area contributed by atoms with Crippen molar-refractivity contribution < 1.29 is 0 Å². The number of nitrogens with zero attached hydrogens (tertiary/aromatic N) is 3. The first kappa shape index (κ1) is 11.3. The monoisotopic (exact) mass is 280 g/mol. The number of aryl methyl sites for hydroxylation is 2. The van der Waals surface area contributed by atoms with Gasteiger partial charge in [0.25, 0.3) is 0 Å². The van der Waals surface area contributed by atoms with E-state index in [1.165, 1.54) is 0 Å². The molecule has 5 heteroatoms. The van der Waals surface area contributed by atoms with Gasteiger partial charge >= 0.3 is 0 Å². The van der Waals surface area contributed by atoms with Gasteiger partial charge in [-0.2, -0.15) is 5.10 Å². The molecule has 2 N–H and O–H groups in total. The van der Waals surface area contributed by atoms with Gasteiger partial charge in [0, 0.05) is 4.47 Å². The fourth-order valence-electron chi connectivity index (χ4n) is 1.56. The maximum Gasteiger partial charge on any atom is 0.148 e. The molecule has 0 aliphatic carbocycles. The smallest absolute Gasteiger partial charge is 0.148 e. The normalized spacial score (nSPS) is 10.8. The minimum absolute atomic E-state index is 0.385. The highest BCUT2D eigenvalue weighted by molar-refractivity contribution is 9.10. The molecule has 4 nitrogen and oxygen atoms in total. The summed E-state index contributed by atoms with van der Waals surface area (Å²) in [5, 5.41) is 4.33. The van der Waals surface area contributed by atoms with Crippen LogP contribution in [0.2, 0.25) is 0 Å². The molecule has 1 heterocycles. The number of nitrogens with two attached hydrogens (primary N) is 1. The van der Waals surface area contributed by atoms with Crippen molar-refractivity contribution in [2.75, 3.05) is 0 Å². The van der Waals surface area contributed by atoms with Crippen molar-refractivity contribution in [2.45, 2.75) is 20.4 Å². The summed E-state index contributed by atoms with van der Waals surface area (Å²) in [5.74, 6) is 1.51. The summed E-state index contributed by atoms with van der Waals surface area (Å²) in [4.78, 5) is 4.27. The molecule has 2 aromatic rings. The average molecular weight is 281 g/mol. The van der Waals surface area contributed by atoms with Crippen LogP contribution in [0.5, 0.6) is 0 Å². The summed E-state index contributed by atoms with van der Waals surface area (Å²) >= 11 is 3.47. The fourth-order valence-corrected chi connectivity index (χ4v) is 1.81. The van der Waals surface area contributed by atoms with E-state index in [1.807, 2.05) is 26.0 Å². The number of benzene rings is 1. The van der Waals surface area contributed by atoms with Gasteiger partial charge in [0.2, 0.25) is 0 Å². The quantitative estimate of drug-likeness (QED) is 0.917. The molecule has 1 aromatic heterocycles. The molecule has 0 unspecified atom stereocenters. The molecular weight excluding hydrogens is 268 g/mol. The van der Waals surface area contributed by atoms with Gasteiger partial charge in [0.15, 0.2) is 0 Å². The summed E-state index contributed by atoms with van der Waals surface area (Å²) in [7, 11) is 0. The van der Waals surface area contributed by atoms with E-state index in [-0.39, 0.29) is 0 Å². The van der Waals surface area contributed by atoms with Gasteiger partial charge in [-0.15, -0.1) is 0 Å². The van der Waals surface area contributed by atoms with Crippen molar-refractivity contribution in [1.29, 1.82) is 0 Å². The zero-order valence-electron chi connectivity index (χ0n) is 9.24. The SMILES string of the molecule is Cc1nc(CN)n(-c2ccc(Br)c(C)c2)n1. The molecule has 16 heavy (non-hydrogen) atoms. The van der Waals surface area contributed by atoms with E-state index in [1.54, 1.807) is 4.68 Å². The van der Waals surface area contributed by atoms with Crippen LogP contribution in [0.1, 0.15) is 17.2 Å². The van der Waals surface area contributed by atoms with Crippen molar-refractivity contribution in [3.05, 3.63) is 39.9 Å². The molecule has 0 spiro atoms. The standard InChI is InChI=1S/C11H13BrN4/c1-7-5-9(3-4-10(7)12)16-11(6-13)14-8(2)15-16/h3-5H,6,13H2,1-2H3. The molecule has 0 amide bonds. The topological polar surface area (TPSA) is 56.7 Å². The lowest BCUT2D eigenvalue weighted by molar-refractivity contribution is 0.785. The van der Waals surface area contributed by atoms with E-state index in [0.29, 0.717) is 6.54 Å². The lowest BCUT2D eigenvalue weighted by Gasteiger charge is -2.06. The summed E-state index contributed by atoms with van der Waals surface area (Å²) in [6.45, 7) is 4.29. The van der Waals surface area contributed by atoms with Crippen LogP contribution in [0.15, 0.2) is 22.7 Å². The third-order valence-corrected chi connectivity index (χ3v) is 3.24. The van der Waals surface area contributed by atoms with Gasteiger partial charge < -0.3 is 5.73 Å². The second-order valence-corrected chi connectivity index (χ2v) is 4.48. The van der Waals surface area contributed by atoms with Crippen LogP contribution in [-0.2, 0) is 6.54 Å². The van der Waals surface area contributed by atoms with E-state index in [9.17, 15) is 0 Å². The van der Waals surface area contributed by atoms with Gasteiger partial charge in [-0.05, 0) is 37.6 Å². The summed E-state index contributed by atoms with van der Waals surface area (Å²) in [6.07, 6.45) is 0. The Labute approximate surface area is 103 Å². The molecule has 0 saturated heterocycles.